The smallest absolute Gasteiger partial charge is 0.308 e. The highest BCUT2D eigenvalue weighted by molar-refractivity contribution is 7.99. The first-order valence-electron chi connectivity index (χ1n) is 6.21. The van der Waals surface area contributed by atoms with Crippen molar-refractivity contribution in [2.24, 2.45) is 11.8 Å². The van der Waals surface area contributed by atoms with Crippen LogP contribution in [0.4, 0.5) is 0 Å². The van der Waals surface area contributed by atoms with Gasteiger partial charge in [-0.15, -0.1) is 23.1 Å². The van der Waals surface area contributed by atoms with E-state index in [9.17, 15) is 9.59 Å². The maximum Gasteiger partial charge on any atom is 0.308 e. The summed E-state index contributed by atoms with van der Waals surface area (Å²) in [5.41, 5.74) is 0. The molecule has 0 bridgehead atoms. The number of carbonyl (C=O) groups is 2. The van der Waals surface area contributed by atoms with Crippen molar-refractivity contribution < 1.29 is 14.7 Å². The molecule has 0 radical (unpaired) electrons. The number of amides is 1. The third-order valence-corrected chi connectivity index (χ3v) is 5.14. The summed E-state index contributed by atoms with van der Waals surface area (Å²) in [6.45, 7) is 3.84. The van der Waals surface area contributed by atoms with Crippen LogP contribution in [-0.2, 0) is 15.3 Å². The number of hydrogen-bond acceptors (Lipinski definition) is 4. The molecule has 0 aliphatic rings. The average Bonchev–Trinajstić information content (AvgIpc) is 2.74. The van der Waals surface area contributed by atoms with E-state index < -0.39 is 11.9 Å². The fraction of sp³-hybridized carbons (Fsp3) is 0.538. The third kappa shape index (κ3) is 6.15. The number of carbonyl (C=O) groups excluding carboxylic acids is 1. The van der Waals surface area contributed by atoms with Gasteiger partial charge in [0.1, 0.15) is 0 Å². The Kier molecular flexibility index (Phi) is 7.40. The molecule has 1 atom stereocenters. The van der Waals surface area contributed by atoms with E-state index in [4.69, 9.17) is 16.7 Å². The van der Waals surface area contributed by atoms with Crippen LogP contribution in [0.5, 0.6) is 0 Å². The first-order valence-corrected chi connectivity index (χ1v) is 8.56. The monoisotopic (exact) mass is 335 g/mol. The fourth-order valence-corrected chi connectivity index (χ4v) is 3.61. The van der Waals surface area contributed by atoms with Gasteiger partial charge >= 0.3 is 5.97 Å². The van der Waals surface area contributed by atoms with Crippen molar-refractivity contribution in [1.29, 1.82) is 0 Å². The van der Waals surface area contributed by atoms with Crippen molar-refractivity contribution in [3.8, 4) is 0 Å². The number of carboxylic acids is 1. The first kappa shape index (κ1) is 17.3. The molecular weight excluding hydrogens is 318 g/mol. The van der Waals surface area contributed by atoms with Crippen molar-refractivity contribution in [2.45, 2.75) is 19.6 Å². The van der Waals surface area contributed by atoms with Crippen LogP contribution in [0.2, 0.25) is 4.34 Å². The highest BCUT2D eigenvalue weighted by Crippen LogP contribution is 2.24. The molecule has 0 aliphatic carbocycles. The fourth-order valence-electron chi connectivity index (χ4n) is 1.56. The lowest BCUT2D eigenvalue weighted by Gasteiger charge is -2.16. The largest absolute Gasteiger partial charge is 0.481 e. The third-order valence-electron chi connectivity index (χ3n) is 2.75. The zero-order valence-corrected chi connectivity index (χ0v) is 13.8. The van der Waals surface area contributed by atoms with Crippen molar-refractivity contribution >= 4 is 46.6 Å². The van der Waals surface area contributed by atoms with Gasteiger partial charge in [-0.2, -0.15) is 0 Å². The molecule has 1 amide bonds. The topological polar surface area (TPSA) is 66.4 Å². The van der Waals surface area contributed by atoms with Gasteiger partial charge in [0.15, 0.2) is 0 Å². The second-order valence-electron chi connectivity index (χ2n) is 4.69. The molecule has 1 heterocycles. The van der Waals surface area contributed by atoms with Gasteiger partial charge in [-0.3, -0.25) is 9.59 Å². The molecular formula is C13H18ClNO3S2. The Bertz CT molecular complexity index is 462. The summed E-state index contributed by atoms with van der Waals surface area (Å²) >= 11 is 8.81. The molecule has 2 N–H and O–H groups in total. The standard InChI is InChI=1S/C13H18ClNO3S2/c1-8(2)10(13(17)18)5-15-12(16)7-19-6-9-3-4-11(14)20-9/h3-4,8,10H,5-7H2,1-2H3,(H,15,16)(H,17,18). The molecule has 0 fully saturated rings. The first-order chi connectivity index (χ1) is 9.40. The summed E-state index contributed by atoms with van der Waals surface area (Å²) in [7, 11) is 0. The van der Waals surface area contributed by atoms with Crippen molar-refractivity contribution in [1.82, 2.24) is 5.32 Å². The Morgan fingerprint density at radius 3 is 2.65 bits per heavy atom. The molecule has 4 nitrogen and oxygen atoms in total. The lowest BCUT2D eigenvalue weighted by Crippen LogP contribution is -2.36. The second kappa shape index (κ2) is 8.54. The predicted octanol–water partition coefficient (Wildman–Crippen LogP) is 3.11. The Labute approximate surface area is 131 Å². The highest BCUT2D eigenvalue weighted by atomic mass is 35.5. The van der Waals surface area contributed by atoms with E-state index in [1.807, 2.05) is 26.0 Å². The van der Waals surface area contributed by atoms with Crippen LogP contribution in [0.15, 0.2) is 12.1 Å². The van der Waals surface area contributed by atoms with Crippen LogP contribution in [0.3, 0.4) is 0 Å². The molecule has 1 aromatic heterocycles. The lowest BCUT2D eigenvalue weighted by molar-refractivity contribution is -0.143. The number of thioether (sulfide) groups is 1. The number of halogens is 1. The van der Waals surface area contributed by atoms with Crippen LogP contribution in [0.25, 0.3) is 0 Å². The summed E-state index contributed by atoms with van der Waals surface area (Å²) < 4.78 is 0.742. The Balaban J connectivity index is 2.24. The van der Waals surface area contributed by atoms with Gasteiger partial charge in [0.2, 0.25) is 5.91 Å². The van der Waals surface area contributed by atoms with Gasteiger partial charge < -0.3 is 10.4 Å². The molecule has 112 valence electrons. The van der Waals surface area contributed by atoms with E-state index in [0.717, 1.165) is 15.0 Å². The second-order valence-corrected chi connectivity index (χ2v) is 7.48. The Morgan fingerprint density at radius 2 is 2.15 bits per heavy atom. The average molecular weight is 336 g/mol. The number of nitrogens with one attached hydrogen (secondary N) is 1. The number of thiophene rings is 1. The lowest BCUT2D eigenvalue weighted by atomic mass is 9.96. The van der Waals surface area contributed by atoms with Gasteiger partial charge in [-0.05, 0) is 18.1 Å². The highest BCUT2D eigenvalue weighted by Gasteiger charge is 2.21. The summed E-state index contributed by atoms with van der Waals surface area (Å²) in [6.07, 6.45) is 0. The van der Waals surface area contributed by atoms with Crippen LogP contribution in [0, 0.1) is 11.8 Å². The van der Waals surface area contributed by atoms with E-state index in [1.165, 1.54) is 23.1 Å². The van der Waals surface area contributed by atoms with Gasteiger partial charge in [-0.1, -0.05) is 25.4 Å². The minimum Gasteiger partial charge on any atom is -0.481 e. The number of hydrogen-bond donors (Lipinski definition) is 2. The molecule has 20 heavy (non-hydrogen) atoms. The Hall–Kier alpha value is -0.720. The van der Waals surface area contributed by atoms with E-state index in [0.29, 0.717) is 5.75 Å². The van der Waals surface area contributed by atoms with Crippen LogP contribution in [0.1, 0.15) is 18.7 Å². The SMILES string of the molecule is CC(C)C(CNC(=O)CSCc1ccc(Cl)s1)C(=O)O. The zero-order valence-electron chi connectivity index (χ0n) is 11.4. The molecule has 7 heteroatoms. The predicted molar refractivity (Wildman–Crippen MR) is 84.5 cm³/mol. The molecule has 0 saturated heterocycles. The summed E-state index contributed by atoms with van der Waals surface area (Å²) in [5, 5.41) is 11.7. The zero-order chi connectivity index (χ0) is 15.1. The van der Waals surface area contributed by atoms with Crippen LogP contribution in [-0.4, -0.2) is 29.3 Å². The van der Waals surface area contributed by atoms with Crippen molar-refractivity contribution in [3.63, 3.8) is 0 Å². The minimum atomic E-state index is -0.874. The minimum absolute atomic E-state index is 0.00582. The molecule has 0 aromatic carbocycles. The van der Waals surface area contributed by atoms with Crippen LogP contribution >= 0.6 is 34.7 Å². The molecule has 0 saturated carbocycles. The van der Waals surface area contributed by atoms with Gasteiger partial charge in [0, 0.05) is 17.2 Å². The molecule has 1 unspecified atom stereocenters. The summed E-state index contributed by atoms with van der Waals surface area (Å²) in [4.78, 5) is 23.8. The van der Waals surface area contributed by atoms with Crippen LogP contribution < -0.4 is 5.32 Å². The Morgan fingerprint density at radius 1 is 1.45 bits per heavy atom. The summed E-state index contributed by atoms with van der Waals surface area (Å²) in [6, 6.07) is 3.78. The number of carboxylic acid groups (broad SMARTS) is 1. The quantitative estimate of drug-likeness (QED) is 0.766. The maximum absolute atomic E-state index is 11.6. The number of rotatable bonds is 8. The summed E-state index contributed by atoms with van der Waals surface area (Å²) in [5.74, 6) is -0.503. The normalized spacial score (nSPS) is 12.4. The van der Waals surface area contributed by atoms with Crippen molar-refractivity contribution in [2.75, 3.05) is 12.3 Å². The van der Waals surface area contributed by atoms with E-state index in [2.05, 4.69) is 5.32 Å². The molecule has 0 aliphatic heterocycles. The van der Waals surface area contributed by atoms with Gasteiger partial charge in [-0.25, -0.2) is 0 Å². The molecule has 0 spiro atoms. The molecule has 1 rings (SSSR count). The van der Waals surface area contributed by atoms with Crippen molar-refractivity contribution in [3.05, 3.63) is 21.3 Å². The van der Waals surface area contributed by atoms with E-state index in [-0.39, 0.29) is 18.4 Å². The molecule has 1 aromatic rings. The van der Waals surface area contributed by atoms with Gasteiger partial charge in [0.05, 0.1) is 16.0 Å². The van der Waals surface area contributed by atoms with Gasteiger partial charge in [0.25, 0.3) is 0 Å². The van der Waals surface area contributed by atoms with E-state index in [1.54, 1.807) is 0 Å². The number of aliphatic carboxylic acids is 1. The maximum atomic E-state index is 11.6. The van der Waals surface area contributed by atoms with E-state index >= 15 is 0 Å².